The number of halogens is 1. The van der Waals surface area contributed by atoms with Crippen molar-refractivity contribution < 1.29 is 4.74 Å². The Morgan fingerprint density at radius 2 is 1.94 bits per heavy atom. The molecule has 6 nitrogen and oxygen atoms in total. The van der Waals surface area contributed by atoms with Gasteiger partial charge in [0.25, 0.3) is 0 Å². The van der Waals surface area contributed by atoms with Crippen molar-refractivity contribution in [1.29, 1.82) is 0 Å². The van der Waals surface area contributed by atoms with Crippen molar-refractivity contribution in [2.75, 3.05) is 52.5 Å². The lowest BCUT2D eigenvalue weighted by molar-refractivity contribution is 0.0342. The van der Waals surface area contributed by atoms with Crippen LogP contribution in [0.2, 0.25) is 0 Å². The van der Waals surface area contributed by atoms with Crippen LogP contribution in [0, 0.1) is 0 Å². The second-order valence-electron chi connectivity index (χ2n) is 8.56. The maximum Gasteiger partial charge on any atom is 0.191 e. The van der Waals surface area contributed by atoms with E-state index < -0.39 is 0 Å². The fourth-order valence-corrected chi connectivity index (χ4v) is 4.33. The largest absolute Gasteiger partial charge is 0.379 e. The van der Waals surface area contributed by atoms with E-state index in [1.165, 1.54) is 43.5 Å². The monoisotopic (exact) mass is 543 g/mol. The van der Waals surface area contributed by atoms with E-state index in [-0.39, 0.29) is 24.0 Å². The Balaban J connectivity index is 0.00000341. The molecule has 0 spiro atoms. The molecule has 3 rings (SSSR count). The molecule has 2 aliphatic rings. The summed E-state index contributed by atoms with van der Waals surface area (Å²) in [4.78, 5) is 9.91. The first-order chi connectivity index (χ1) is 14.7. The topological polar surface area (TPSA) is 52.1 Å². The Bertz CT molecular complexity index is 651. The number of nitrogens with one attached hydrogen (secondary N) is 2. The van der Waals surface area contributed by atoms with Gasteiger partial charge in [0.05, 0.1) is 19.8 Å². The number of morpholine rings is 1. The second-order valence-corrected chi connectivity index (χ2v) is 8.56. The molecule has 176 valence electrons. The average Bonchev–Trinajstić information content (AvgIpc) is 2.77. The molecule has 31 heavy (non-hydrogen) atoms. The summed E-state index contributed by atoms with van der Waals surface area (Å²) in [5.41, 5.74) is 2.62. The summed E-state index contributed by atoms with van der Waals surface area (Å²) < 4.78 is 5.45. The number of ether oxygens (including phenoxy) is 1. The quantitative estimate of drug-likeness (QED) is 0.216. The first-order valence-electron chi connectivity index (χ1n) is 11.9. The molecule has 2 saturated heterocycles. The van der Waals surface area contributed by atoms with Gasteiger partial charge in [-0.3, -0.25) is 4.90 Å². The molecule has 2 fully saturated rings. The van der Waals surface area contributed by atoms with E-state index in [0.29, 0.717) is 6.54 Å². The van der Waals surface area contributed by atoms with Crippen LogP contribution in [0.15, 0.2) is 29.3 Å². The van der Waals surface area contributed by atoms with Gasteiger partial charge in [0, 0.05) is 45.3 Å². The van der Waals surface area contributed by atoms with E-state index in [1.54, 1.807) is 0 Å². The van der Waals surface area contributed by atoms with Crippen LogP contribution in [-0.4, -0.2) is 74.3 Å². The highest BCUT2D eigenvalue weighted by molar-refractivity contribution is 14.0. The molecule has 0 aliphatic carbocycles. The van der Waals surface area contributed by atoms with Crippen molar-refractivity contribution in [2.45, 2.75) is 58.7 Å². The number of benzene rings is 1. The number of likely N-dealkylation sites (tertiary alicyclic amines) is 1. The van der Waals surface area contributed by atoms with Gasteiger partial charge >= 0.3 is 0 Å². The lowest BCUT2D eigenvalue weighted by Gasteiger charge is -2.33. The number of nitrogens with zero attached hydrogens (tertiary/aromatic N) is 3. The van der Waals surface area contributed by atoms with Crippen molar-refractivity contribution in [3.05, 3.63) is 35.4 Å². The highest BCUT2D eigenvalue weighted by Crippen LogP contribution is 2.16. The zero-order valence-corrected chi connectivity index (χ0v) is 21.8. The van der Waals surface area contributed by atoms with E-state index in [2.05, 4.69) is 58.5 Å². The Morgan fingerprint density at radius 3 is 2.71 bits per heavy atom. The summed E-state index contributed by atoms with van der Waals surface area (Å²) in [5, 5.41) is 6.90. The number of rotatable bonds is 9. The Hall–Kier alpha value is -0.900. The van der Waals surface area contributed by atoms with Crippen molar-refractivity contribution in [3.8, 4) is 0 Å². The molecule has 2 heterocycles. The molecule has 7 heteroatoms. The van der Waals surface area contributed by atoms with E-state index in [4.69, 9.17) is 9.73 Å². The molecule has 2 aliphatic heterocycles. The highest BCUT2D eigenvalue weighted by atomic mass is 127. The maximum atomic E-state index is 5.45. The number of guanidine groups is 1. The molecule has 0 amide bonds. The molecule has 0 saturated carbocycles. The SMILES string of the molecule is CCNC(=NCc1cccc(CN2CCOCC2)c1)NCCCN1CCCCC1C.I. The predicted octanol–water partition coefficient (Wildman–Crippen LogP) is 3.46. The molecule has 0 bridgehead atoms. The maximum absolute atomic E-state index is 5.45. The summed E-state index contributed by atoms with van der Waals surface area (Å²) in [6, 6.07) is 9.58. The molecule has 1 atom stereocenters. The number of aliphatic imine (C=N–C) groups is 1. The number of piperidine rings is 1. The fraction of sp³-hybridized carbons (Fsp3) is 0.708. The van der Waals surface area contributed by atoms with Gasteiger partial charge in [0.1, 0.15) is 0 Å². The van der Waals surface area contributed by atoms with Gasteiger partial charge in [-0.2, -0.15) is 0 Å². The molecule has 1 aromatic carbocycles. The van der Waals surface area contributed by atoms with Crippen LogP contribution in [0.4, 0.5) is 0 Å². The molecule has 1 aromatic rings. The third-order valence-corrected chi connectivity index (χ3v) is 6.12. The standard InChI is InChI=1S/C24H41N5O.HI/c1-3-25-24(26-11-7-13-29-12-5-4-8-21(29)2)27-19-22-9-6-10-23(18-22)20-28-14-16-30-17-15-28;/h6,9-10,18,21H,3-5,7-8,11-17,19-20H2,1-2H3,(H2,25,26,27);1H. The fourth-order valence-electron chi connectivity index (χ4n) is 4.33. The van der Waals surface area contributed by atoms with Crippen LogP contribution in [-0.2, 0) is 17.8 Å². The summed E-state index contributed by atoms with van der Waals surface area (Å²) in [6.07, 6.45) is 5.25. The summed E-state index contributed by atoms with van der Waals surface area (Å²) >= 11 is 0. The van der Waals surface area contributed by atoms with Crippen LogP contribution < -0.4 is 10.6 Å². The lowest BCUT2D eigenvalue weighted by atomic mass is 10.0. The highest BCUT2D eigenvalue weighted by Gasteiger charge is 2.17. The minimum Gasteiger partial charge on any atom is -0.379 e. The molecule has 0 aromatic heterocycles. The van der Waals surface area contributed by atoms with Gasteiger partial charge < -0.3 is 20.3 Å². The summed E-state index contributed by atoms with van der Waals surface area (Å²) in [5.74, 6) is 0.919. The molecular formula is C24H42IN5O. The average molecular weight is 544 g/mol. The zero-order valence-electron chi connectivity index (χ0n) is 19.4. The van der Waals surface area contributed by atoms with E-state index >= 15 is 0 Å². The summed E-state index contributed by atoms with van der Waals surface area (Å²) in [7, 11) is 0. The lowest BCUT2D eigenvalue weighted by Crippen LogP contribution is -2.41. The van der Waals surface area contributed by atoms with Crippen LogP contribution >= 0.6 is 24.0 Å². The van der Waals surface area contributed by atoms with Gasteiger partial charge in [-0.05, 0) is 50.8 Å². The molecular weight excluding hydrogens is 501 g/mol. The Labute approximate surface area is 206 Å². The van der Waals surface area contributed by atoms with Gasteiger partial charge in [-0.25, -0.2) is 4.99 Å². The van der Waals surface area contributed by atoms with Crippen molar-refractivity contribution in [1.82, 2.24) is 20.4 Å². The van der Waals surface area contributed by atoms with E-state index in [1.807, 2.05) is 0 Å². The zero-order chi connectivity index (χ0) is 21.0. The van der Waals surface area contributed by atoms with Crippen molar-refractivity contribution in [3.63, 3.8) is 0 Å². The first-order valence-corrected chi connectivity index (χ1v) is 11.9. The summed E-state index contributed by atoms with van der Waals surface area (Å²) in [6.45, 7) is 14.2. The molecule has 2 N–H and O–H groups in total. The third-order valence-electron chi connectivity index (χ3n) is 6.12. The number of hydrogen-bond acceptors (Lipinski definition) is 4. The van der Waals surface area contributed by atoms with E-state index in [0.717, 1.165) is 64.4 Å². The van der Waals surface area contributed by atoms with Crippen LogP contribution in [0.25, 0.3) is 0 Å². The normalized spacial score (nSPS) is 20.8. The Kier molecular flexibility index (Phi) is 12.8. The molecule has 1 unspecified atom stereocenters. The minimum atomic E-state index is 0. The van der Waals surface area contributed by atoms with Gasteiger partial charge in [0.15, 0.2) is 5.96 Å². The van der Waals surface area contributed by atoms with Crippen LogP contribution in [0.1, 0.15) is 50.7 Å². The second kappa shape index (κ2) is 15.0. The van der Waals surface area contributed by atoms with Gasteiger partial charge in [0.2, 0.25) is 0 Å². The number of hydrogen-bond donors (Lipinski definition) is 2. The first kappa shape index (κ1) is 26.4. The van der Waals surface area contributed by atoms with Crippen LogP contribution in [0.5, 0.6) is 0 Å². The van der Waals surface area contributed by atoms with Crippen LogP contribution in [0.3, 0.4) is 0 Å². The van der Waals surface area contributed by atoms with Gasteiger partial charge in [-0.15, -0.1) is 24.0 Å². The smallest absolute Gasteiger partial charge is 0.191 e. The van der Waals surface area contributed by atoms with Crippen molar-refractivity contribution in [2.24, 2.45) is 4.99 Å². The van der Waals surface area contributed by atoms with Gasteiger partial charge in [-0.1, -0.05) is 30.7 Å². The minimum absolute atomic E-state index is 0. The predicted molar refractivity (Wildman–Crippen MR) is 140 cm³/mol. The van der Waals surface area contributed by atoms with E-state index in [9.17, 15) is 0 Å². The van der Waals surface area contributed by atoms with Crippen molar-refractivity contribution >= 4 is 29.9 Å². The third kappa shape index (κ3) is 9.63. The Morgan fingerprint density at radius 1 is 1.13 bits per heavy atom. The molecule has 0 radical (unpaired) electrons.